The van der Waals surface area contributed by atoms with E-state index in [9.17, 15) is 18.0 Å². The number of aromatic nitrogens is 1. The Morgan fingerprint density at radius 1 is 1.28 bits per heavy atom. The number of hydrogen-bond donors (Lipinski definition) is 1. The highest BCUT2D eigenvalue weighted by Crippen LogP contribution is 2.25. The molecule has 0 spiro atoms. The second-order valence-corrected chi connectivity index (χ2v) is 9.00. The first kappa shape index (κ1) is 21.3. The van der Waals surface area contributed by atoms with Crippen LogP contribution in [0.1, 0.15) is 18.5 Å². The standard InChI is InChI=1S/C18H20ClN3O6S/c1-12-10-17(28-21-12)20-16(23)11-27-18(24)13-6-8-22(9-7-13)29(25,26)15-4-2-14(19)3-5-15/h2-5,10,13H,6-9,11H2,1H3,(H,20,23). The van der Waals surface area contributed by atoms with Crippen LogP contribution in [0.4, 0.5) is 5.88 Å². The maximum absolute atomic E-state index is 12.7. The van der Waals surface area contributed by atoms with Gasteiger partial charge in [0.1, 0.15) is 0 Å². The van der Waals surface area contributed by atoms with E-state index < -0.39 is 34.4 Å². The van der Waals surface area contributed by atoms with E-state index in [1.807, 2.05) is 0 Å². The minimum atomic E-state index is -3.64. The van der Waals surface area contributed by atoms with Crippen LogP contribution in [0.2, 0.25) is 5.02 Å². The molecule has 1 fully saturated rings. The van der Waals surface area contributed by atoms with Gasteiger partial charge in [0.15, 0.2) is 6.61 Å². The maximum Gasteiger partial charge on any atom is 0.309 e. The molecule has 0 aliphatic carbocycles. The van der Waals surface area contributed by atoms with Crippen LogP contribution in [0.15, 0.2) is 39.8 Å². The molecule has 2 heterocycles. The summed E-state index contributed by atoms with van der Waals surface area (Å²) in [4.78, 5) is 24.2. The van der Waals surface area contributed by atoms with Gasteiger partial charge in [0.2, 0.25) is 15.9 Å². The van der Waals surface area contributed by atoms with Crippen molar-refractivity contribution < 1.29 is 27.3 Å². The number of carbonyl (C=O) groups excluding carboxylic acids is 2. The Bertz CT molecular complexity index is 981. The average Bonchev–Trinajstić information content (AvgIpc) is 3.11. The van der Waals surface area contributed by atoms with Crippen molar-refractivity contribution in [1.29, 1.82) is 0 Å². The molecular weight excluding hydrogens is 422 g/mol. The first-order valence-electron chi connectivity index (χ1n) is 8.91. The Labute approximate surface area is 173 Å². The molecule has 1 aliphatic rings. The number of esters is 1. The summed E-state index contributed by atoms with van der Waals surface area (Å²) in [6.45, 7) is 1.63. The summed E-state index contributed by atoms with van der Waals surface area (Å²) in [7, 11) is -3.64. The largest absolute Gasteiger partial charge is 0.455 e. The van der Waals surface area contributed by atoms with Gasteiger partial charge in [0, 0.05) is 24.2 Å². The third kappa shape index (κ3) is 5.34. The number of piperidine rings is 1. The van der Waals surface area contributed by atoms with Crippen molar-refractivity contribution >= 4 is 39.4 Å². The lowest BCUT2D eigenvalue weighted by molar-refractivity contribution is -0.152. The van der Waals surface area contributed by atoms with Crippen LogP contribution < -0.4 is 5.32 Å². The van der Waals surface area contributed by atoms with Gasteiger partial charge in [-0.3, -0.25) is 14.9 Å². The van der Waals surface area contributed by atoms with Crippen LogP contribution in [-0.4, -0.2) is 49.5 Å². The van der Waals surface area contributed by atoms with Gasteiger partial charge < -0.3 is 9.26 Å². The summed E-state index contributed by atoms with van der Waals surface area (Å²) >= 11 is 5.80. The fourth-order valence-electron chi connectivity index (χ4n) is 2.94. The molecule has 2 aromatic rings. The molecular formula is C18H20ClN3O6S. The fraction of sp³-hybridized carbons (Fsp3) is 0.389. The van der Waals surface area contributed by atoms with Crippen LogP contribution in [0, 0.1) is 12.8 Å². The third-order valence-corrected chi connectivity index (χ3v) is 6.64. The Morgan fingerprint density at radius 2 is 1.93 bits per heavy atom. The molecule has 29 heavy (non-hydrogen) atoms. The lowest BCUT2D eigenvalue weighted by Crippen LogP contribution is -2.40. The van der Waals surface area contributed by atoms with E-state index in [0.29, 0.717) is 23.6 Å². The average molecular weight is 442 g/mol. The molecule has 0 unspecified atom stereocenters. The maximum atomic E-state index is 12.7. The second kappa shape index (κ2) is 8.93. The smallest absolute Gasteiger partial charge is 0.309 e. The van der Waals surface area contributed by atoms with Gasteiger partial charge in [0.05, 0.1) is 16.5 Å². The van der Waals surface area contributed by atoms with E-state index in [0.717, 1.165) is 0 Å². The van der Waals surface area contributed by atoms with Crippen molar-refractivity contribution in [3.05, 3.63) is 41.0 Å². The molecule has 1 aromatic carbocycles. The Morgan fingerprint density at radius 3 is 2.52 bits per heavy atom. The molecule has 0 radical (unpaired) electrons. The first-order valence-corrected chi connectivity index (χ1v) is 10.7. The lowest BCUT2D eigenvalue weighted by atomic mass is 9.98. The first-order chi connectivity index (χ1) is 13.8. The predicted octanol–water partition coefficient (Wildman–Crippen LogP) is 2.22. The van der Waals surface area contributed by atoms with Crippen LogP contribution in [0.25, 0.3) is 0 Å². The second-order valence-electron chi connectivity index (χ2n) is 6.62. The van der Waals surface area contributed by atoms with Gasteiger partial charge >= 0.3 is 5.97 Å². The van der Waals surface area contributed by atoms with E-state index >= 15 is 0 Å². The number of ether oxygens (including phenoxy) is 1. The van der Waals surface area contributed by atoms with Crippen LogP contribution >= 0.6 is 11.6 Å². The highest BCUT2D eigenvalue weighted by Gasteiger charge is 2.33. The van der Waals surface area contributed by atoms with Crippen molar-refractivity contribution in [2.75, 3.05) is 25.0 Å². The van der Waals surface area contributed by atoms with Gasteiger partial charge in [-0.15, -0.1) is 0 Å². The number of hydrogen-bond acceptors (Lipinski definition) is 7. The molecule has 0 saturated carbocycles. The third-order valence-electron chi connectivity index (χ3n) is 4.47. The zero-order chi connectivity index (χ0) is 21.0. The molecule has 1 aliphatic heterocycles. The summed E-state index contributed by atoms with van der Waals surface area (Å²) in [5, 5.41) is 6.51. The van der Waals surface area contributed by atoms with E-state index in [4.69, 9.17) is 20.9 Å². The number of sulfonamides is 1. The van der Waals surface area contributed by atoms with Gasteiger partial charge in [-0.05, 0) is 44.0 Å². The number of rotatable bonds is 6. The minimum Gasteiger partial charge on any atom is -0.455 e. The van der Waals surface area contributed by atoms with Crippen LogP contribution in [0.3, 0.4) is 0 Å². The quantitative estimate of drug-likeness (QED) is 0.682. The minimum absolute atomic E-state index is 0.155. The number of aryl methyl sites for hydroxylation is 1. The number of benzene rings is 1. The predicted molar refractivity (Wildman–Crippen MR) is 104 cm³/mol. The molecule has 1 aromatic heterocycles. The Kier molecular flexibility index (Phi) is 6.56. The summed E-state index contributed by atoms with van der Waals surface area (Å²) in [6, 6.07) is 7.48. The monoisotopic (exact) mass is 441 g/mol. The lowest BCUT2D eigenvalue weighted by Gasteiger charge is -2.30. The number of carbonyl (C=O) groups is 2. The SMILES string of the molecule is Cc1cc(NC(=O)COC(=O)C2CCN(S(=O)(=O)c3ccc(Cl)cc3)CC2)on1. The highest BCUT2D eigenvalue weighted by atomic mass is 35.5. The van der Waals surface area contributed by atoms with Crippen molar-refractivity contribution in [2.24, 2.45) is 5.92 Å². The van der Waals surface area contributed by atoms with E-state index in [2.05, 4.69) is 10.5 Å². The number of anilines is 1. The molecule has 1 N–H and O–H groups in total. The number of nitrogens with one attached hydrogen (secondary N) is 1. The Balaban J connectivity index is 1.47. The summed E-state index contributed by atoms with van der Waals surface area (Å²) in [5.41, 5.74) is 0.609. The number of amides is 1. The van der Waals surface area contributed by atoms with Gasteiger partial charge in [-0.2, -0.15) is 4.31 Å². The molecule has 1 amide bonds. The van der Waals surface area contributed by atoms with E-state index in [-0.39, 0.29) is 23.9 Å². The molecule has 9 nitrogen and oxygen atoms in total. The van der Waals surface area contributed by atoms with Crippen molar-refractivity contribution in [1.82, 2.24) is 9.46 Å². The molecule has 156 valence electrons. The zero-order valence-electron chi connectivity index (χ0n) is 15.6. The van der Waals surface area contributed by atoms with Crippen molar-refractivity contribution in [3.63, 3.8) is 0 Å². The van der Waals surface area contributed by atoms with Gasteiger partial charge in [-0.25, -0.2) is 8.42 Å². The van der Waals surface area contributed by atoms with Crippen LogP contribution in [0.5, 0.6) is 0 Å². The fourth-order valence-corrected chi connectivity index (χ4v) is 4.53. The highest BCUT2D eigenvalue weighted by molar-refractivity contribution is 7.89. The molecule has 11 heteroatoms. The van der Waals surface area contributed by atoms with Crippen LogP contribution in [-0.2, 0) is 24.3 Å². The topological polar surface area (TPSA) is 119 Å². The normalized spacial score (nSPS) is 15.8. The summed E-state index contributed by atoms with van der Waals surface area (Å²) in [6.07, 6.45) is 0.628. The summed E-state index contributed by atoms with van der Waals surface area (Å²) < 4.78 is 36.6. The summed E-state index contributed by atoms with van der Waals surface area (Å²) in [5.74, 6) is -1.37. The van der Waals surface area contributed by atoms with Crippen molar-refractivity contribution in [2.45, 2.75) is 24.7 Å². The Hall–Kier alpha value is -2.43. The molecule has 3 rings (SSSR count). The van der Waals surface area contributed by atoms with Gasteiger partial charge in [-0.1, -0.05) is 16.8 Å². The molecule has 0 atom stereocenters. The number of nitrogens with zero attached hydrogens (tertiary/aromatic N) is 2. The molecule has 1 saturated heterocycles. The van der Waals surface area contributed by atoms with Gasteiger partial charge in [0.25, 0.3) is 5.91 Å². The zero-order valence-corrected chi connectivity index (χ0v) is 17.2. The molecule has 0 bridgehead atoms. The van der Waals surface area contributed by atoms with E-state index in [1.54, 1.807) is 6.92 Å². The van der Waals surface area contributed by atoms with E-state index in [1.165, 1.54) is 34.6 Å². The number of halogens is 1. The van der Waals surface area contributed by atoms with Crippen molar-refractivity contribution in [3.8, 4) is 0 Å².